The Hall–Kier alpha value is -3.15. The van der Waals surface area contributed by atoms with Crippen molar-refractivity contribution >= 4 is 17.7 Å². The van der Waals surface area contributed by atoms with E-state index in [0.29, 0.717) is 37.1 Å². The van der Waals surface area contributed by atoms with Gasteiger partial charge in [0.05, 0.1) is 0 Å². The van der Waals surface area contributed by atoms with Crippen LogP contribution < -0.4 is 10.6 Å². The van der Waals surface area contributed by atoms with E-state index in [1.165, 1.54) is 0 Å². The molecule has 1 aliphatic heterocycles. The standard InChI is InChI=1S/C25H29N3O3/c1-17-7-9-19(10-8-17)23(29)27-22(24(30)26-21-11-12-21)18-13-15-28(16-14-18)25(31)20-5-3-2-4-6-20/h2-10,18,21-22H,11-16H2,1H3,(H,26,30)(H,27,29)/t22-/m1/s1. The molecular weight excluding hydrogens is 390 g/mol. The third-order valence-electron chi connectivity index (χ3n) is 6.13. The quantitative estimate of drug-likeness (QED) is 0.756. The van der Waals surface area contributed by atoms with Crippen LogP contribution in [0.3, 0.4) is 0 Å². The average Bonchev–Trinajstić information content (AvgIpc) is 3.62. The van der Waals surface area contributed by atoms with Crippen molar-refractivity contribution < 1.29 is 14.4 Å². The Morgan fingerprint density at radius 2 is 1.52 bits per heavy atom. The molecule has 6 nitrogen and oxygen atoms in total. The summed E-state index contributed by atoms with van der Waals surface area (Å²) in [6.07, 6.45) is 3.34. The molecule has 2 N–H and O–H groups in total. The number of benzene rings is 2. The molecule has 4 rings (SSSR count). The summed E-state index contributed by atoms with van der Waals surface area (Å²) in [5.41, 5.74) is 2.30. The van der Waals surface area contributed by atoms with Crippen LogP contribution in [0.5, 0.6) is 0 Å². The molecule has 0 radical (unpaired) electrons. The highest BCUT2D eigenvalue weighted by Crippen LogP contribution is 2.25. The lowest BCUT2D eigenvalue weighted by atomic mass is 9.88. The van der Waals surface area contributed by atoms with Gasteiger partial charge in [-0.3, -0.25) is 14.4 Å². The van der Waals surface area contributed by atoms with Crippen LogP contribution in [0.4, 0.5) is 0 Å². The topological polar surface area (TPSA) is 78.5 Å². The van der Waals surface area contributed by atoms with Crippen LogP contribution in [0.25, 0.3) is 0 Å². The molecule has 2 aromatic rings. The van der Waals surface area contributed by atoms with E-state index in [1.54, 1.807) is 12.1 Å². The Morgan fingerprint density at radius 3 is 2.13 bits per heavy atom. The lowest BCUT2D eigenvalue weighted by molar-refractivity contribution is -0.124. The Morgan fingerprint density at radius 1 is 0.871 bits per heavy atom. The Kier molecular flexibility index (Phi) is 6.35. The molecule has 0 unspecified atom stereocenters. The molecule has 2 aromatic carbocycles. The normalized spacial score (nSPS) is 17.6. The van der Waals surface area contributed by atoms with Crippen molar-refractivity contribution in [1.29, 1.82) is 0 Å². The minimum absolute atomic E-state index is 0.00651. The van der Waals surface area contributed by atoms with E-state index in [2.05, 4.69) is 10.6 Å². The fraction of sp³-hybridized carbons (Fsp3) is 0.400. The number of hydrogen-bond donors (Lipinski definition) is 2. The van der Waals surface area contributed by atoms with Crippen LogP contribution in [0, 0.1) is 12.8 Å². The first-order valence-electron chi connectivity index (χ1n) is 11.0. The van der Waals surface area contributed by atoms with E-state index in [-0.39, 0.29) is 29.7 Å². The first-order chi connectivity index (χ1) is 15.0. The predicted octanol–water partition coefficient (Wildman–Crippen LogP) is 2.92. The summed E-state index contributed by atoms with van der Waals surface area (Å²) in [5, 5.41) is 6.02. The monoisotopic (exact) mass is 419 g/mol. The molecule has 6 heteroatoms. The number of likely N-dealkylation sites (tertiary alicyclic amines) is 1. The molecular formula is C25H29N3O3. The van der Waals surface area contributed by atoms with Gasteiger partial charge in [-0.15, -0.1) is 0 Å². The number of carbonyl (C=O) groups is 3. The van der Waals surface area contributed by atoms with Gasteiger partial charge in [-0.25, -0.2) is 0 Å². The lowest BCUT2D eigenvalue weighted by Gasteiger charge is -2.36. The fourth-order valence-electron chi connectivity index (χ4n) is 4.04. The molecule has 1 saturated heterocycles. The molecule has 2 fully saturated rings. The van der Waals surface area contributed by atoms with Gasteiger partial charge in [-0.1, -0.05) is 35.9 Å². The molecule has 1 aliphatic carbocycles. The molecule has 162 valence electrons. The number of nitrogens with zero attached hydrogens (tertiary/aromatic N) is 1. The molecule has 1 saturated carbocycles. The predicted molar refractivity (Wildman–Crippen MR) is 119 cm³/mol. The van der Waals surface area contributed by atoms with E-state index in [0.717, 1.165) is 18.4 Å². The molecule has 0 aromatic heterocycles. The summed E-state index contributed by atoms with van der Waals surface area (Å²) in [4.78, 5) is 40.3. The van der Waals surface area contributed by atoms with Crippen molar-refractivity contribution in [3.05, 3.63) is 71.3 Å². The second kappa shape index (κ2) is 9.33. The smallest absolute Gasteiger partial charge is 0.253 e. The van der Waals surface area contributed by atoms with Crippen molar-refractivity contribution in [2.45, 2.75) is 44.7 Å². The Bertz CT molecular complexity index is 930. The van der Waals surface area contributed by atoms with Crippen molar-refractivity contribution in [1.82, 2.24) is 15.5 Å². The zero-order valence-corrected chi connectivity index (χ0v) is 17.8. The zero-order chi connectivity index (χ0) is 21.8. The largest absolute Gasteiger partial charge is 0.352 e. The lowest BCUT2D eigenvalue weighted by Crippen LogP contribution is -2.54. The summed E-state index contributed by atoms with van der Waals surface area (Å²) in [6.45, 7) is 3.12. The van der Waals surface area contributed by atoms with Crippen molar-refractivity contribution in [3.8, 4) is 0 Å². The van der Waals surface area contributed by atoms with Gasteiger partial charge in [0.2, 0.25) is 5.91 Å². The number of hydrogen-bond acceptors (Lipinski definition) is 3. The second-order valence-electron chi connectivity index (χ2n) is 8.60. The molecule has 1 atom stereocenters. The van der Waals surface area contributed by atoms with Crippen LogP contribution in [-0.2, 0) is 4.79 Å². The summed E-state index contributed by atoms with van der Waals surface area (Å²) in [6, 6.07) is 16.2. The van der Waals surface area contributed by atoms with Crippen molar-refractivity contribution in [3.63, 3.8) is 0 Å². The molecule has 0 spiro atoms. The van der Waals surface area contributed by atoms with Crippen LogP contribution in [0.2, 0.25) is 0 Å². The van der Waals surface area contributed by atoms with Crippen LogP contribution in [-0.4, -0.2) is 47.8 Å². The number of piperidine rings is 1. The zero-order valence-electron chi connectivity index (χ0n) is 17.8. The number of rotatable bonds is 6. The number of nitrogens with one attached hydrogen (secondary N) is 2. The molecule has 0 bridgehead atoms. The summed E-state index contributed by atoms with van der Waals surface area (Å²) < 4.78 is 0. The third kappa shape index (κ3) is 5.32. The van der Waals surface area contributed by atoms with E-state index in [9.17, 15) is 14.4 Å². The van der Waals surface area contributed by atoms with Crippen LogP contribution in [0.15, 0.2) is 54.6 Å². The minimum atomic E-state index is -0.594. The third-order valence-corrected chi connectivity index (χ3v) is 6.13. The molecule has 2 aliphatic rings. The maximum Gasteiger partial charge on any atom is 0.253 e. The first kappa shape index (κ1) is 21.1. The van der Waals surface area contributed by atoms with Gasteiger partial charge in [0.15, 0.2) is 0 Å². The fourth-order valence-corrected chi connectivity index (χ4v) is 4.04. The van der Waals surface area contributed by atoms with E-state index in [4.69, 9.17) is 0 Å². The van der Waals surface area contributed by atoms with Crippen molar-refractivity contribution in [2.24, 2.45) is 5.92 Å². The number of aryl methyl sites for hydroxylation is 1. The maximum absolute atomic E-state index is 12.9. The van der Waals surface area contributed by atoms with E-state index >= 15 is 0 Å². The van der Waals surface area contributed by atoms with Gasteiger partial charge in [0, 0.05) is 30.3 Å². The Labute approximate surface area is 183 Å². The summed E-state index contributed by atoms with van der Waals surface area (Å²) in [7, 11) is 0. The Balaban J connectivity index is 1.42. The van der Waals surface area contributed by atoms with Gasteiger partial charge in [0.1, 0.15) is 6.04 Å². The van der Waals surface area contributed by atoms with Crippen molar-refractivity contribution in [2.75, 3.05) is 13.1 Å². The highest BCUT2D eigenvalue weighted by atomic mass is 16.2. The molecule has 31 heavy (non-hydrogen) atoms. The van der Waals surface area contributed by atoms with Gasteiger partial charge >= 0.3 is 0 Å². The van der Waals surface area contributed by atoms with E-state index in [1.807, 2.05) is 54.3 Å². The van der Waals surface area contributed by atoms with Crippen LogP contribution >= 0.6 is 0 Å². The van der Waals surface area contributed by atoms with E-state index < -0.39 is 6.04 Å². The highest BCUT2D eigenvalue weighted by Gasteiger charge is 2.36. The van der Waals surface area contributed by atoms with Crippen LogP contribution in [0.1, 0.15) is 52.0 Å². The molecule has 3 amide bonds. The van der Waals surface area contributed by atoms with Gasteiger partial charge in [0.25, 0.3) is 11.8 Å². The summed E-state index contributed by atoms with van der Waals surface area (Å²) in [5.74, 6) is -0.343. The first-order valence-corrected chi connectivity index (χ1v) is 11.0. The second-order valence-corrected chi connectivity index (χ2v) is 8.60. The number of amides is 3. The van der Waals surface area contributed by atoms with Gasteiger partial charge in [-0.05, 0) is 62.8 Å². The SMILES string of the molecule is Cc1ccc(C(=O)N[C@@H](C(=O)NC2CC2)C2CCN(C(=O)c3ccccc3)CC2)cc1. The average molecular weight is 420 g/mol. The van der Waals surface area contributed by atoms with Gasteiger partial charge < -0.3 is 15.5 Å². The molecule has 1 heterocycles. The highest BCUT2D eigenvalue weighted by molar-refractivity contribution is 5.98. The maximum atomic E-state index is 12.9. The summed E-state index contributed by atoms with van der Waals surface area (Å²) >= 11 is 0. The van der Waals surface area contributed by atoms with Gasteiger partial charge in [-0.2, -0.15) is 0 Å². The number of carbonyl (C=O) groups excluding carboxylic acids is 3. The minimum Gasteiger partial charge on any atom is -0.352 e.